The Morgan fingerprint density at radius 1 is 1.04 bits per heavy atom. The molecule has 0 aromatic rings. The van der Waals surface area contributed by atoms with Crippen LogP contribution in [0.15, 0.2) is 35.0 Å². The zero-order valence-corrected chi connectivity index (χ0v) is 16.5. The van der Waals surface area contributed by atoms with E-state index in [4.69, 9.17) is 10.8 Å². The molecule has 5 heteroatoms. The van der Waals surface area contributed by atoms with Gasteiger partial charge in [-0.05, 0) is 50.9 Å². The van der Waals surface area contributed by atoms with Crippen molar-refractivity contribution in [3.63, 3.8) is 0 Å². The second kappa shape index (κ2) is 13.2. The fourth-order valence-electron chi connectivity index (χ4n) is 3.08. The number of rotatable bonds is 17. The Morgan fingerprint density at radius 3 is 2.27 bits per heavy atom. The second-order valence-electron chi connectivity index (χ2n) is 7.71. The van der Waals surface area contributed by atoms with Gasteiger partial charge in [-0.1, -0.05) is 50.8 Å². The van der Waals surface area contributed by atoms with Crippen LogP contribution in [0.2, 0.25) is 0 Å². The fraction of sp³-hybridized carbons (Fsp3) is 0.810. The first-order chi connectivity index (χ1) is 12.5. The summed E-state index contributed by atoms with van der Waals surface area (Å²) in [6.45, 7) is 5.85. The van der Waals surface area contributed by atoms with Crippen LogP contribution in [-0.4, -0.2) is 34.6 Å². The molecule has 4 N–H and O–H groups in total. The standard InChI is InChI=1S/C21H39N3O2/c1-3-18(2)13-12-16-21(23-24-21)15-11-9-7-5-4-6-8-10-14-20(26)19(22)17-25/h3,10,14,18-20,25-26H,1,4-9,11-13,15-17,22H2,2H3/b14-10+/t18?,19-,20+/m0/s1. The van der Waals surface area contributed by atoms with Crippen LogP contribution in [0, 0.1) is 5.92 Å². The van der Waals surface area contributed by atoms with E-state index in [0.717, 1.165) is 25.7 Å². The Balaban J connectivity index is 1.92. The molecule has 1 aliphatic rings. The summed E-state index contributed by atoms with van der Waals surface area (Å²) < 4.78 is 0. The van der Waals surface area contributed by atoms with E-state index in [-0.39, 0.29) is 12.3 Å². The molecule has 0 aliphatic carbocycles. The average Bonchev–Trinajstić information content (AvgIpc) is 3.41. The molecule has 0 spiro atoms. The summed E-state index contributed by atoms with van der Waals surface area (Å²) in [4.78, 5) is 0. The van der Waals surface area contributed by atoms with Crippen LogP contribution in [0.3, 0.4) is 0 Å². The van der Waals surface area contributed by atoms with Gasteiger partial charge in [0.05, 0.1) is 18.8 Å². The first-order valence-corrected chi connectivity index (χ1v) is 10.3. The zero-order chi connectivity index (χ0) is 19.3. The van der Waals surface area contributed by atoms with Crippen molar-refractivity contribution in [2.75, 3.05) is 6.61 Å². The Hall–Kier alpha value is -1.04. The summed E-state index contributed by atoms with van der Waals surface area (Å²) in [5.41, 5.74) is 5.51. The number of hydrogen-bond donors (Lipinski definition) is 3. The summed E-state index contributed by atoms with van der Waals surface area (Å²) in [5.74, 6) is 0.593. The molecule has 0 radical (unpaired) electrons. The second-order valence-corrected chi connectivity index (χ2v) is 7.71. The third-order valence-electron chi connectivity index (χ3n) is 5.20. The molecule has 1 aliphatic heterocycles. The topological polar surface area (TPSA) is 91.2 Å². The van der Waals surface area contributed by atoms with Crippen LogP contribution in [0.5, 0.6) is 0 Å². The number of aliphatic hydroxyl groups is 2. The highest BCUT2D eigenvalue weighted by atomic mass is 16.3. The van der Waals surface area contributed by atoms with Crippen LogP contribution < -0.4 is 5.73 Å². The lowest BCUT2D eigenvalue weighted by Crippen LogP contribution is -2.36. The van der Waals surface area contributed by atoms with E-state index in [1.54, 1.807) is 6.08 Å². The smallest absolute Gasteiger partial charge is 0.191 e. The van der Waals surface area contributed by atoms with Gasteiger partial charge in [0, 0.05) is 0 Å². The molecule has 0 aromatic heterocycles. The molecule has 150 valence electrons. The van der Waals surface area contributed by atoms with E-state index in [2.05, 4.69) is 23.7 Å². The van der Waals surface area contributed by atoms with Crippen molar-refractivity contribution >= 4 is 0 Å². The molecule has 26 heavy (non-hydrogen) atoms. The minimum absolute atomic E-state index is 0.0259. The van der Waals surface area contributed by atoms with Gasteiger partial charge >= 0.3 is 0 Å². The van der Waals surface area contributed by atoms with Crippen molar-refractivity contribution in [3.05, 3.63) is 24.8 Å². The minimum Gasteiger partial charge on any atom is -0.395 e. The van der Waals surface area contributed by atoms with Crippen LogP contribution in [0.25, 0.3) is 0 Å². The number of allylic oxidation sites excluding steroid dienone is 2. The third kappa shape index (κ3) is 10.2. The van der Waals surface area contributed by atoms with Gasteiger partial charge in [-0.25, -0.2) is 0 Å². The predicted octanol–water partition coefficient (Wildman–Crippen LogP) is 4.50. The largest absolute Gasteiger partial charge is 0.395 e. The van der Waals surface area contributed by atoms with Crippen molar-refractivity contribution in [1.82, 2.24) is 0 Å². The van der Waals surface area contributed by atoms with Crippen LogP contribution >= 0.6 is 0 Å². The molecular weight excluding hydrogens is 326 g/mol. The highest BCUT2D eigenvalue weighted by molar-refractivity contribution is 4.94. The molecule has 1 heterocycles. The number of unbranched alkanes of at least 4 members (excludes halogenated alkanes) is 6. The van der Waals surface area contributed by atoms with Crippen molar-refractivity contribution < 1.29 is 10.2 Å². The summed E-state index contributed by atoms with van der Waals surface area (Å²) in [6, 6.07) is -0.579. The molecule has 0 saturated heterocycles. The number of aliphatic hydroxyl groups excluding tert-OH is 2. The Kier molecular flexibility index (Phi) is 11.7. The third-order valence-corrected chi connectivity index (χ3v) is 5.20. The van der Waals surface area contributed by atoms with Gasteiger partial charge in [0.1, 0.15) is 0 Å². The molecule has 1 unspecified atom stereocenters. The number of nitrogens with two attached hydrogens (primary N) is 1. The van der Waals surface area contributed by atoms with Crippen LogP contribution in [0.1, 0.15) is 77.6 Å². The van der Waals surface area contributed by atoms with E-state index in [1.165, 1.54) is 44.9 Å². The quantitative estimate of drug-likeness (QED) is 0.262. The fourth-order valence-corrected chi connectivity index (χ4v) is 3.08. The van der Waals surface area contributed by atoms with Crippen molar-refractivity contribution in [1.29, 1.82) is 0 Å². The minimum atomic E-state index is -0.745. The number of hydrogen-bond acceptors (Lipinski definition) is 5. The SMILES string of the molecule is C=CC(C)CCCC1(CCCCCCCC/C=C/[C@@H](O)[C@@H](N)CO)N=N1. The van der Waals surface area contributed by atoms with Crippen LogP contribution in [-0.2, 0) is 0 Å². The first-order valence-electron chi connectivity index (χ1n) is 10.3. The predicted molar refractivity (Wildman–Crippen MR) is 108 cm³/mol. The van der Waals surface area contributed by atoms with E-state index < -0.39 is 12.1 Å². The van der Waals surface area contributed by atoms with E-state index in [0.29, 0.717) is 5.92 Å². The molecule has 0 amide bonds. The van der Waals surface area contributed by atoms with E-state index >= 15 is 0 Å². The Labute approximate surface area is 159 Å². The highest BCUT2D eigenvalue weighted by Gasteiger charge is 2.38. The average molecular weight is 366 g/mol. The normalized spacial score (nSPS) is 18.8. The van der Waals surface area contributed by atoms with Crippen molar-refractivity contribution in [2.45, 2.75) is 95.4 Å². The number of nitrogens with zero attached hydrogens (tertiary/aromatic N) is 2. The summed E-state index contributed by atoms with van der Waals surface area (Å²) in [5, 5.41) is 27.0. The zero-order valence-electron chi connectivity index (χ0n) is 16.5. The van der Waals surface area contributed by atoms with Crippen molar-refractivity contribution in [3.8, 4) is 0 Å². The monoisotopic (exact) mass is 365 g/mol. The summed E-state index contributed by atoms with van der Waals surface area (Å²) in [6.07, 6.45) is 17.8. The molecule has 0 aromatic carbocycles. The molecular formula is C21H39N3O2. The maximum absolute atomic E-state index is 9.59. The molecule has 3 atom stereocenters. The van der Waals surface area contributed by atoms with Gasteiger partial charge in [0.15, 0.2) is 5.66 Å². The molecule has 0 fully saturated rings. The molecule has 5 nitrogen and oxygen atoms in total. The van der Waals surface area contributed by atoms with Gasteiger partial charge in [0.2, 0.25) is 0 Å². The van der Waals surface area contributed by atoms with Gasteiger partial charge < -0.3 is 15.9 Å². The van der Waals surface area contributed by atoms with Gasteiger partial charge in [-0.2, -0.15) is 10.2 Å². The Bertz CT molecular complexity index is 431. The molecule has 0 saturated carbocycles. The molecule has 1 rings (SSSR count). The Morgan fingerprint density at radius 2 is 1.65 bits per heavy atom. The lowest BCUT2D eigenvalue weighted by atomic mass is 9.95. The lowest BCUT2D eigenvalue weighted by molar-refractivity contribution is 0.144. The van der Waals surface area contributed by atoms with Crippen LogP contribution in [0.4, 0.5) is 0 Å². The summed E-state index contributed by atoms with van der Waals surface area (Å²) >= 11 is 0. The first kappa shape index (κ1) is 23.0. The van der Waals surface area contributed by atoms with Gasteiger partial charge in [0.25, 0.3) is 0 Å². The van der Waals surface area contributed by atoms with E-state index in [9.17, 15) is 5.11 Å². The van der Waals surface area contributed by atoms with Gasteiger partial charge in [-0.15, -0.1) is 6.58 Å². The maximum Gasteiger partial charge on any atom is 0.191 e. The molecule has 0 bridgehead atoms. The van der Waals surface area contributed by atoms with E-state index in [1.807, 2.05) is 12.2 Å². The summed E-state index contributed by atoms with van der Waals surface area (Å²) in [7, 11) is 0. The van der Waals surface area contributed by atoms with Gasteiger partial charge in [-0.3, -0.25) is 0 Å². The lowest BCUT2D eigenvalue weighted by Gasteiger charge is -2.12. The maximum atomic E-state index is 9.59. The van der Waals surface area contributed by atoms with Crippen molar-refractivity contribution in [2.24, 2.45) is 21.9 Å². The highest BCUT2D eigenvalue weighted by Crippen LogP contribution is 2.39.